The van der Waals surface area contributed by atoms with Gasteiger partial charge in [0.05, 0.1) is 70.5 Å². The van der Waals surface area contributed by atoms with Crippen LogP contribution in [0.5, 0.6) is 0 Å². The Morgan fingerprint density at radius 3 is 1.16 bits per heavy atom. The number of fused-ring (bicyclic) bond motifs is 1. The molecular formula is C77H83N23O15S. The molecule has 0 aliphatic carbocycles. The van der Waals surface area contributed by atoms with Crippen LogP contribution in [-0.4, -0.2) is 207 Å². The van der Waals surface area contributed by atoms with E-state index in [0.29, 0.717) is 68.1 Å². The van der Waals surface area contributed by atoms with E-state index in [4.69, 9.17) is 10.2 Å². The van der Waals surface area contributed by atoms with E-state index in [9.17, 15) is 73.8 Å². The number of imidazole rings is 1. The minimum absolute atomic E-state index is 0.0526. The summed E-state index contributed by atoms with van der Waals surface area (Å²) in [5, 5.41) is 97.0. The Morgan fingerprint density at radius 1 is 0.440 bits per heavy atom. The van der Waals surface area contributed by atoms with Gasteiger partial charge in [-0.3, -0.25) is 60.7 Å². The fourth-order valence-corrected chi connectivity index (χ4v) is 12.5. The SMILES string of the molecule is CN1C(=O)C(O)(O)C(=O)N1Cc1ccc(-n2nc(C(C)(C)C)cc2NC(=O)Nc2ccncn2)cc1.CN1C(=O)C(O)(O)C(=O)N1Cc1ccc(-n2nc(C(C)(C)C)cc2NC(=O)Nc2nc(-c3ccccc3)cs2)cc1.CN1C(=O)C(O)(O)C(=O)N1Cc1ccc(-n2nc(C(C)(C)C)cc2NC(=O)Nc2nc3ccccc3[nH]2)cc1. The van der Waals surface area contributed by atoms with Crippen LogP contribution >= 0.6 is 11.3 Å². The van der Waals surface area contributed by atoms with E-state index in [1.807, 2.05) is 122 Å². The van der Waals surface area contributed by atoms with E-state index in [1.54, 1.807) is 111 Å². The van der Waals surface area contributed by atoms with Gasteiger partial charge < -0.3 is 35.6 Å². The summed E-state index contributed by atoms with van der Waals surface area (Å²) in [6.45, 7) is 17.9. The fourth-order valence-electron chi connectivity index (χ4n) is 11.8. The second-order valence-electron chi connectivity index (χ2n) is 30.2. The number of nitrogens with zero attached hydrogens (tertiary/aromatic N) is 16. The lowest BCUT2D eigenvalue weighted by Gasteiger charge is -2.23. The number of hydrogen-bond donors (Lipinski definition) is 13. The van der Waals surface area contributed by atoms with Crippen molar-refractivity contribution in [1.29, 1.82) is 0 Å². The molecule has 0 unspecified atom stereocenters. The van der Waals surface area contributed by atoms with Crippen molar-refractivity contribution >= 4 is 110 Å². The number of nitrogens with one attached hydrogen (secondary N) is 7. The summed E-state index contributed by atoms with van der Waals surface area (Å²) in [6, 6.07) is 43.3. The summed E-state index contributed by atoms with van der Waals surface area (Å²) >= 11 is 1.32. The van der Waals surface area contributed by atoms with Gasteiger partial charge in [-0.05, 0) is 71.3 Å². The van der Waals surface area contributed by atoms with Crippen molar-refractivity contribution in [1.82, 2.24) is 84.3 Å². The highest BCUT2D eigenvalue weighted by Crippen LogP contribution is 2.34. The predicted molar refractivity (Wildman–Crippen MR) is 422 cm³/mol. The molecule has 13 N–H and O–H groups in total. The second-order valence-corrected chi connectivity index (χ2v) is 31.0. The topological polar surface area (TPSA) is 487 Å². The van der Waals surface area contributed by atoms with Crippen molar-refractivity contribution < 1.29 is 73.8 Å². The number of hydrazine groups is 3. The van der Waals surface area contributed by atoms with Gasteiger partial charge in [-0.25, -0.2) is 78.4 Å². The van der Waals surface area contributed by atoms with Crippen molar-refractivity contribution in [3.8, 4) is 28.3 Å². The van der Waals surface area contributed by atoms with Crippen molar-refractivity contribution in [2.45, 2.75) is 116 Å². The molecule has 3 saturated heterocycles. The number of H-pyrrole nitrogens is 1. The van der Waals surface area contributed by atoms with Gasteiger partial charge in [0.15, 0.2) is 5.13 Å². The molecule has 3 fully saturated rings. The van der Waals surface area contributed by atoms with E-state index in [0.717, 1.165) is 69.4 Å². The van der Waals surface area contributed by atoms with Crippen molar-refractivity contribution in [2.24, 2.45) is 0 Å². The molecule has 12 amide bonds. The summed E-state index contributed by atoms with van der Waals surface area (Å²) in [6.07, 6.45) is 2.83. The van der Waals surface area contributed by atoms with E-state index < -0.39 is 70.9 Å². The average Bonchev–Trinajstić information content (AvgIpc) is 1.62. The average molecular weight is 1600 g/mol. The first-order valence-corrected chi connectivity index (χ1v) is 36.6. The lowest BCUT2D eigenvalue weighted by Crippen LogP contribution is -2.43. The number of aromatic amines is 1. The minimum atomic E-state index is -3.07. The minimum Gasteiger partial charge on any atom is -0.351 e. The number of aliphatic hydroxyl groups is 6. The highest BCUT2D eigenvalue weighted by molar-refractivity contribution is 7.14. The Kier molecular flexibility index (Phi) is 22.3. The number of amides is 12. The third-order valence-electron chi connectivity index (χ3n) is 18.4. The van der Waals surface area contributed by atoms with Crippen LogP contribution in [0.4, 0.5) is 48.7 Å². The molecular weight excluding hydrogens is 1520 g/mol. The molecule has 9 heterocycles. The number of carbonyl (C=O) groups is 9. The maximum absolute atomic E-state index is 13.0. The Hall–Kier alpha value is -13.7. The van der Waals surface area contributed by atoms with E-state index >= 15 is 0 Å². The number of para-hydroxylation sites is 2. The van der Waals surface area contributed by atoms with Crippen molar-refractivity contribution in [2.75, 3.05) is 53.0 Å². The number of anilines is 6. The summed E-state index contributed by atoms with van der Waals surface area (Å²) in [4.78, 5) is 131. The zero-order chi connectivity index (χ0) is 83.9. The van der Waals surface area contributed by atoms with Crippen LogP contribution in [0.25, 0.3) is 39.4 Å². The highest BCUT2D eigenvalue weighted by Gasteiger charge is 2.58. The smallest absolute Gasteiger partial charge is 0.330 e. The number of hydrogen-bond acceptors (Lipinski definition) is 23. The number of aromatic nitrogens is 11. The third-order valence-corrected chi connectivity index (χ3v) is 19.2. The Morgan fingerprint density at radius 2 is 0.810 bits per heavy atom. The maximum atomic E-state index is 13.0. The zero-order valence-electron chi connectivity index (χ0n) is 64.7. The van der Waals surface area contributed by atoms with Gasteiger partial charge in [-0.15, -0.1) is 11.3 Å². The molecule has 11 aromatic rings. The van der Waals surface area contributed by atoms with Crippen molar-refractivity contribution in [3.05, 3.63) is 203 Å². The number of likely N-dealkylation sites (N-methyl/N-ethyl adjacent to an activating group) is 3. The number of carbonyl (C=O) groups excluding carboxylic acids is 9. The summed E-state index contributed by atoms with van der Waals surface area (Å²) in [5.74, 6) is -14.0. The molecule has 38 nitrogen and oxygen atoms in total. The highest BCUT2D eigenvalue weighted by atomic mass is 32.1. The van der Waals surface area contributed by atoms with Gasteiger partial charge in [0, 0.05) is 72.7 Å². The first-order chi connectivity index (χ1) is 54.6. The van der Waals surface area contributed by atoms with Crippen molar-refractivity contribution in [3.63, 3.8) is 0 Å². The number of rotatable bonds is 16. The first-order valence-electron chi connectivity index (χ1n) is 35.8. The molecule has 0 atom stereocenters. The lowest BCUT2D eigenvalue weighted by molar-refractivity contribution is -0.186. The maximum Gasteiger partial charge on any atom is 0.330 e. The molecule has 0 spiro atoms. The summed E-state index contributed by atoms with van der Waals surface area (Å²) in [5.41, 5.74) is 8.37. The molecule has 116 heavy (non-hydrogen) atoms. The van der Waals surface area contributed by atoms with Gasteiger partial charge in [-0.1, -0.05) is 141 Å². The first kappa shape index (κ1) is 81.8. The second kappa shape index (κ2) is 31.7. The molecule has 0 bridgehead atoms. The Balaban J connectivity index is 0.000000161. The van der Waals surface area contributed by atoms with E-state index in [-0.39, 0.29) is 35.9 Å². The Labute approximate surface area is 665 Å². The number of thiazole rings is 1. The van der Waals surface area contributed by atoms with Gasteiger partial charge in [0.1, 0.15) is 29.6 Å². The van der Waals surface area contributed by atoms with Crippen LogP contribution < -0.4 is 31.9 Å². The molecule has 3 aliphatic rings. The van der Waals surface area contributed by atoms with Gasteiger partial charge >= 0.3 is 70.9 Å². The van der Waals surface area contributed by atoms with Gasteiger partial charge in [0.25, 0.3) is 0 Å². The molecule has 5 aromatic carbocycles. The molecule has 14 rings (SSSR count). The van der Waals surface area contributed by atoms with E-state index in [2.05, 4.69) is 61.9 Å². The molecule has 6 aromatic heterocycles. The van der Waals surface area contributed by atoms with Crippen LogP contribution in [-0.2, 0) is 64.6 Å². The molecule has 0 radical (unpaired) electrons. The number of benzene rings is 5. The lowest BCUT2D eigenvalue weighted by atomic mass is 9.92. The monoisotopic (exact) mass is 1600 g/mol. The normalized spacial score (nSPS) is 15.2. The van der Waals surface area contributed by atoms with Crippen LogP contribution in [0.2, 0.25) is 0 Å². The summed E-state index contributed by atoms with van der Waals surface area (Å²) < 4.78 is 4.77. The number of urea groups is 3. The molecule has 0 saturated carbocycles. The largest absolute Gasteiger partial charge is 0.351 e. The molecule has 39 heteroatoms. The zero-order valence-corrected chi connectivity index (χ0v) is 65.5. The van der Waals surface area contributed by atoms with Crippen LogP contribution in [0, 0.1) is 0 Å². The van der Waals surface area contributed by atoms with Gasteiger partial charge in [0.2, 0.25) is 5.95 Å². The fraction of sp³-hybridized carbons (Fsp3) is 0.273. The van der Waals surface area contributed by atoms with Gasteiger partial charge in [-0.2, -0.15) is 15.3 Å². The summed E-state index contributed by atoms with van der Waals surface area (Å²) in [7, 11) is 3.86. The molecule has 3 aliphatic heterocycles. The standard InChI is InChI=1S/C28H29N7O5S.C26H28N8O5.C23H26N8O5/c1-27(2,3)21-14-22(30-25(38)31-26-29-20(16-41-26)18-8-6-5-7-9-18)35(32-21)19-12-10-17(11-13-19)15-34-24(37)28(39,40)23(36)33(34)4;1-25(2,3)19-13-20(29-24(37)30-23-27-17-7-5-6-8-18(17)28-23)34(31-19)16-11-9-15(10-12-16)14-33-22(36)26(38,39)21(35)32(33)4;1-22(2,3)16-11-18(27-21(34)26-17-9-10-24-13-25-17)31(28-16)15-7-5-14(6-8-15)12-30-20(33)23(35,36)19(32)29(30)4/h5-14,16,39-40H,15H2,1-4H3,(H2,29,30,31,38);5-13,38-39H,14H2,1-4H3,(H3,27,28,29,30,37);5-11,13,35-36H,12H2,1-4H3,(H2,24,25,26,27,34). The predicted octanol–water partition coefficient (Wildman–Crippen LogP) is 6.42. The van der Waals surface area contributed by atoms with Crippen LogP contribution in [0.1, 0.15) is 96.1 Å². The quantitative estimate of drug-likeness (QED) is 0.0366. The molecule has 602 valence electrons. The van der Waals surface area contributed by atoms with Crippen LogP contribution in [0.15, 0.2) is 170 Å². The van der Waals surface area contributed by atoms with E-state index in [1.165, 1.54) is 45.0 Å². The third kappa shape index (κ3) is 17.4. The van der Waals surface area contributed by atoms with Crippen LogP contribution in [0.3, 0.4) is 0 Å². The Bertz CT molecular complexity index is 5530.